The first-order valence-electron chi connectivity index (χ1n) is 4.83. The van der Waals surface area contributed by atoms with Gasteiger partial charge in [0.25, 0.3) is 0 Å². The van der Waals surface area contributed by atoms with Crippen LogP contribution in [-0.4, -0.2) is 19.3 Å². The number of methoxy groups -OCH3 is 1. The number of benzene rings is 1. The Kier molecular flexibility index (Phi) is 2.94. The van der Waals surface area contributed by atoms with E-state index in [-0.39, 0.29) is 0 Å². The Morgan fingerprint density at radius 1 is 1.29 bits per heavy atom. The molecule has 0 aromatic heterocycles. The van der Waals surface area contributed by atoms with E-state index >= 15 is 0 Å². The van der Waals surface area contributed by atoms with Crippen molar-refractivity contribution in [3.05, 3.63) is 29.3 Å². The van der Waals surface area contributed by atoms with Gasteiger partial charge < -0.3 is 10.1 Å². The van der Waals surface area contributed by atoms with Crippen LogP contribution in [0.4, 0.5) is 5.69 Å². The average Bonchev–Trinajstić information content (AvgIpc) is 2.13. The number of rotatable bonds is 3. The molecule has 0 bridgehead atoms. The lowest BCUT2D eigenvalue weighted by molar-refractivity contribution is 0.0329. The second kappa shape index (κ2) is 4.20. The number of ether oxygens (including phenoxy) is 1. The van der Waals surface area contributed by atoms with Crippen LogP contribution in [0.25, 0.3) is 0 Å². The summed E-state index contributed by atoms with van der Waals surface area (Å²) < 4.78 is 5.21. The normalized spacial score (nSPS) is 25.6. The number of nitrogens with one attached hydrogen (secondary N) is 1. The van der Waals surface area contributed by atoms with Crippen molar-refractivity contribution in [3.63, 3.8) is 0 Å². The molecule has 0 radical (unpaired) electrons. The van der Waals surface area contributed by atoms with Crippen molar-refractivity contribution in [1.82, 2.24) is 0 Å². The molecule has 1 saturated carbocycles. The van der Waals surface area contributed by atoms with E-state index in [0.29, 0.717) is 12.1 Å². The van der Waals surface area contributed by atoms with Gasteiger partial charge in [-0.25, -0.2) is 0 Å². The zero-order valence-corrected chi connectivity index (χ0v) is 8.92. The minimum atomic E-state index is 0.444. The second-order valence-corrected chi connectivity index (χ2v) is 4.11. The zero-order valence-electron chi connectivity index (χ0n) is 8.16. The van der Waals surface area contributed by atoms with Gasteiger partial charge in [0.1, 0.15) is 0 Å². The van der Waals surface area contributed by atoms with Crippen molar-refractivity contribution in [3.8, 4) is 0 Å². The van der Waals surface area contributed by atoms with E-state index in [1.165, 1.54) is 0 Å². The van der Waals surface area contributed by atoms with Crippen LogP contribution < -0.4 is 5.32 Å². The SMILES string of the molecule is COC1CC(Nc2ccc(Cl)cc2)C1. The highest BCUT2D eigenvalue weighted by atomic mass is 35.5. The summed E-state index contributed by atoms with van der Waals surface area (Å²) >= 11 is 5.79. The summed E-state index contributed by atoms with van der Waals surface area (Å²) in [6.45, 7) is 0. The third kappa shape index (κ3) is 2.20. The molecule has 3 heteroatoms. The average molecular weight is 212 g/mol. The lowest BCUT2D eigenvalue weighted by Gasteiger charge is -2.35. The topological polar surface area (TPSA) is 21.3 Å². The zero-order chi connectivity index (χ0) is 9.97. The van der Waals surface area contributed by atoms with Crippen LogP contribution in [0, 0.1) is 0 Å². The molecule has 0 atom stereocenters. The maximum Gasteiger partial charge on any atom is 0.0610 e. The molecule has 1 aliphatic rings. The lowest BCUT2D eigenvalue weighted by atomic mass is 9.89. The monoisotopic (exact) mass is 211 g/mol. The molecule has 0 aliphatic heterocycles. The Balaban J connectivity index is 1.84. The van der Waals surface area contributed by atoms with Crippen LogP contribution in [0.2, 0.25) is 5.02 Å². The third-order valence-electron chi connectivity index (χ3n) is 2.64. The molecule has 1 N–H and O–H groups in total. The van der Waals surface area contributed by atoms with Crippen LogP contribution in [0.1, 0.15) is 12.8 Å². The Morgan fingerprint density at radius 3 is 2.50 bits per heavy atom. The van der Waals surface area contributed by atoms with E-state index in [1.807, 2.05) is 24.3 Å². The van der Waals surface area contributed by atoms with Crippen molar-refractivity contribution in [1.29, 1.82) is 0 Å². The summed E-state index contributed by atoms with van der Waals surface area (Å²) in [6.07, 6.45) is 2.64. The lowest BCUT2D eigenvalue weighted by Crippen LogP contribution is -2.40. The van der Waals surface area contributed by atoms with Crippen molar-refractivity contribution < 1.29 is 4.74 Å². The summed E-state index contributed by atoms with van der Waals surface area (Å²) in [4.78, 5) is 0. The largest absolute Gasteiger partial charge is 0.382 e. The molecule has 76 valence electrons. The van der Waals surface area contributed by atoms with Crippen LogP contribution in [0.3, 0.4) is 0 Å². The minimum absolute atomic E-state index is 0.444. The summed E-state index contributed by atoms with van der Waals surface area (Å²) in [7, 11) is 1.77. The van der Waals surface area contributed by atoms with E-state index in [4.69, 9.17) is 16.3 Å². The highest BCUT2D eigenvalue weighted by molar-refractivity contribution is 6.30. The van der Waals surface area contributed by atoms with E-state index in [9.17, 15) is 0 Å². The Hall–Kier alpha value is -0.730. The fourth-order valence-electron chi connectivity index (χ4n) is 1.66. The van der Waals surface area contributed by atoms with Gasteiger partial charge in [0.2, 0.25) is 0 Å². The first kappa shape index (κ1) is 9.81. The molecule has 0 unspecified atom stereocenters. The van der Waals surface area contributed by atoms with Crippen LogP contribution in [0.15, 0.2) is 24.3 Å². The quantitative estimate of drug-likeness (QED) is 0.830. The molecule has 14 heavy (non-hydrogen) atoms. The maximum atomic E-state index is 5.79. The fraction of sp³-hybridized carbons (Fsp3) is 0.455. The Morgan fingerprint density at radius 2 is 1.93 bits per heavy atom. The van der Waals surface area contributed by atoms with Gasteiger partial charge in [0.05, 0.1) is 6.10 Å². The van der Waals surface area contributed by atoms with Crippen LogP contribution in [0.5, 0.6) is 0 Å². The minimum Gasteiger partial charge on any atom is -0.382 e. The van der Waals surface area contributed by atoms with Gasteiger partial charge in [-0.15, -0.1) is 0 Å². The van der Waals surface area contributed by atoms with E-state index in [1.54, 1.807) is 7.11 Å². The van der Waals surface area contributed by atoms with Crippen molar-refractivity contribution in [2.75, 3.05) is 12.4 Å². The Labute approximate surface area is 89.2 Å². The molecular weight excluding hydrogens is 198 g/mol. The molecule has 1 aromatic rings. The van der Waals surface area contributed by atoms with E-state index in [0.717, 1.165) is 23.6 Å². The standard InChI is InChI=1S/C11H14ClNO/c1-14-11-6-10(7-11)13-9-4-2-8(12)3-5-9/h2-5,10-11,13H,6-7H2,1H3. The molecular formula is C11H14ClNO. The van der Waals surface area contributed by atoms with Crippen molar-refractivity contribution >= 4 is 17.3 Å². The maximum absolute atomic E-state index is 5.79. The molecule has 1 aliphatic carbocycles. The van der Waals surface area contributed by atoms with Gasteiger partial charge >= 0.3 is 0 Å². The first-order valence-corrected chi connectivity index (χ1v) is 5.20. The second-order valence-electron chi connectivity index (χ2n) is 3.68. The van der Waals surface area contributed by atoms with E-state index < -0.39 is 0 Å². The molecule has 2 nitrogen and oxygen atoms in total. The van der Waals surface area contributed by atoms with Crippen molar-refractivity contribution in [2.45, 2.75) is 25.0 Å². The predicted molar refractivity (Wildman–Crippen MR) is 58.9 cm³/mol. The molecule has 1 fully saturated rings. The summed E-state index contributed by atoms with van der Waals surface area (Å²) in [6, 6.07) is 8.36. The Bertz CT molecular complexity index is 293. The van der Waals surface area contributed by atoms with Crippen molar-refractivity contribution in [2.24, 2.45) is 0 Å². The first-order chi connectivity index (χ1) is 6.78. The summed E-state index contributed by atoms with van der Waals surface area (Å²) in [5, 5.41) is 4.21. The molecule has 1 aromatic carbocycles. The number of anilines is 1. The fourth-order valence-corrected chi connectivity index (χ4v) is 1.78. The predicted octanol–water partition coefficient (Wildman–Crippen LogP) is 2.93. The molecule has 0 saturated heterocycles. The number of halogens is 1. The number of hydrogen-bond acceptors (Lipinski definition) is 2. The van der Waals surface area contributed by atoms with Crippen LogP contribution >= 0.6 is 11.6 Å². The van der Waals surface area contributed by atoms with E-state index in [2.05, 4.69) is 5.32 Å². The smallest absolute Gasteiger partial charge is 0.0610 e. The summed E-state index contributed by atoms with van der Waals surface area (Å²) in [5.74, 6) is 0. The van der Waals surface area contributed by atoms with Gasteiger partial charge in [0, 0.05) is 23.9 Å². The third-order valence-corrected chi connectivity index (χ3v) is 2.90. The summed E-state index contributed by atoms with van der Waals surface area (Å²) in [5.41, 5.74) is 1.13. The molecule has 0 heterocycles. The van der Waals surface area contributed by atoms with Gasteiger partial charge in [-0.3, -0.25) is 0 Å². The van der Waals surface area contributed by atoms with Gasteiger partial charge in [-0.1, -0.05) is 11.6 Å². The van der Waals surface area contributed by atoms with Gasteiger partial charge in [0.15, 0.2) is 0 Å². The number of hydrogen-bond donors (Lipinski definition) is 1. The highest BCUT2D eigenvalue weighted by Crippen LogP contribution is 2.26. The highest BCUT2D eigenvalue weighted by Gasteiger charge is 2.28. The molecule has 0 spiro atoms. The van der Waals surface area contributed by atoms with Crippen LogP contribution in [-0.2, 0) is 4.74 Å². The molecule has 2 rings (SSSR count). The molecule has 0 amide bonds. The van der Waals surface area contributed by atoms with Gasteiger partial charge in [-0.2, -0.15) is 0 Å². The van der Waals surface area contributed by atoms with Gasteiger partial charge in [-0.05, 0) is 37.1 Å².